The summed E-state index contributed by atoms with van der Waals surface area (Å²) in [4.78, 5) is 24.0. The van der Waals surface area contributed by atoms with Crippen molar-refractivity contribution in [1.82, 2.24) is 20.3 Å². The van der Waals surface area contributed by atoms with Crippen LogP contribution in [0.5, 0.6) is 0 Å². The molecule has 5 nitrogen and oxygen atoms in total. The third-order valence-electron chi connectivity index (χ3n) is 2.58. The van der Waals surface area contributed by atoms with Gasteiger partial charge < -0.3 is 5.32 Å². The van der Waals surface area contributed by atoms with Crippen molar-refractivity contribution in [1.29, 1.82) is 0 Å². The fraction of sp³-hybridized carbons (Fsp3) is 0.385. The first kappa shape index (κ1) is 13.6. The first-order valence-electron chi connectivity index (χ1n) is 6.15. The SMILES string of the molecule is CC(C)c1csc(CCNC(=O)c2cnccn2)n1. The molecule has 1 N–H and O–H groups in total. The first-order chi connectivity index (χ1) is 9.16. The molecule has 0 spiro atoms. The smallest absolute Gasteiger partial charge is 0.271 e. The van der Waals surface area contributed by atoms with Gasteiger partial charge in [-0.2, -0.15) is 0 Å². The van der Waals surface area contributed by atoms with E-state index in [1.807, 2.05) is 0 Å². The number of nitrogens with zero attached hydrogens (tertiary/aromatic N) is 3. The van der Waals surface area contributed by atoms with E-state index in [0.717, 1.165) is 17.1 Å². The van der Waals surface area contributed by atoms with E-state index >= 15 is 0 Å². The molecule has 19 heavy (non-hydrogen) atoms. The minimum atomic E-state index is -0.200. The number of thiazole rings is 1. The van der Waals surface area contributed by atoms with E-state index in [2.05, 4.69) is 39.5 Å². The van der Waals surface area contributed by atoms with Crippen molar-refractivity contribution in [2.24, 2.45) is 0 Å². The quantitative estimate of drug-likeness (QED) is 0.907. The normalized spacial score (nSPS) is 10.7. The van der Waals surface area contributed by atoms with Gasteiger partial charge in [0.05, 0.1) is 16.9 Å². The summed E-state index contributed by atoms with van der Waals surface area (Å²) >= 11 is 1.63. The highest BCUT2D eigenvalue weighted by atomic mass is 32.1. The molecule has 0 saturated carbocycles. The van der Waals surface area contributed by atoms with Crippen LogP contribution in [0.2, 0.25) is 0 Å². The highest BCUT2D eigenvalue weighted by Crippen LogP contribution is 2.17. The van der Waals surface area contributed by atoms with Gasteiger partial charge in [0.2, 0.25) is 0 Å². The summed E-state index contributed by atoms with van der Waals surface area (Å²) in [6, 6.07) is 0. The molecule has 0 aliphatic carbocycles. The summed E-state index contributed by atoms with van der Waals surface area (Å²) in [5, 5.41) is 5.93. The van der Waals surface area contributed by atoms with Gasteiger partial charge >= 0.3 is 0 Å². The number of carbonyl (C=O) groups excluding carboxylic acids is 1. The predicted molar refractivity (Wildman–Crippen MR) is 74.3 cm³/mol. The van der Waals surface area contributed by atoms with Crippen LogP contribution in [0, 0.1) is 0 Å². The van der Waals surface area contributed by atoms with Gasteiger partial charge in [-0.1, -0.05) is 13.8 Å². The van der Waals surface area contributed by atoms with E-state index in [4.69, 9.17) is 0 Å². The van der Waals surface area contributed by atoms with Gasteiger partial charge in [-0.05, 0) is 5.92 Å². The summed E-state index contributed by atoms with van der Waals surface area (Å²) in [5.41, 5.74) is 1.45. The molecule has 1 amide bonds. The Kier molecular flexibility index (Phi) is 4.57. The van der Waals surface area contributed by atoms with Crippen LogP contribution in [0.15, 0.2) is 24.0 Å². The fourth-order valence-electron chi connectivity index (χ4n) is 1.49. The molecule has 0 atom stereocenters. The lowest BCUT2D eigenvalue weighted by atomic mass is 10.2. The van der Waals surface area contributed by atoms with Crippen LogP contribution in [0.25, 0.3) is 0 Å². The zero-order chi connectivity index (χ0) is 13.7. The number of hydrogen-bond acceptors (Lipinski definition) is 5. The van der Waals surface area contributed by atoms with Gasteiger partial charge in [0.15, 0.2) is 0 Å². The average Bonchev–Trinajstić information content (AvgIpc) is 2.89. The molecule has 0 radical (unpaired) electrons. The third-order valence-corrected chi connectivity index (χ3v) is 3.51. The second-order valence-electron chi connectivity index (χ2n) is 4.42. The lowest BCUT2D eigenvalue weighted by Gasteiger charge is -2.02. The van der Waals surface area contributed by atoms with Crippen molar-refractivity contribution in [3.05, 3.63) is 40.4 Å². The van der Waals surface area contributed by atoms with Gasteiger partial charge in [-0.3, -0.25) is 9.78 Å². The van der Waals surface area contributed by atoms with Gasteiger partial charge in [0.25, 0.3) is 5.91 Å². The maximum Gasteiger partial charge on any atom is 0.271 e. The highest BCUT2D eigenvalue weighted by molar-refractivity contribution is 7.09. The summed E-state index contributed by atoms with van der Waals surface area (Å²) in [5.74, 6) is 0.243. The standard InChI is InChI=1S/C13H16N4OS/c1-9(2)11-8-19-12(17-11)3-4-16-13(18)10-7-14-5-6-15-10/h5-9H,3-4H2,1-2H3,(H,16,18). The maximum atomic E-state index is 11.7. The molecule has 0 fully saturated rings. The Morgan fingerprint density at radius 3 is 2.89 bits per heavy atom. The Hall–Kier alpha value is -1.82. The van der Waals surface area contributed by atoms with Crippen LogP contribution in [0.3, 0.4) is 0 Å². The lowest BCUT2D eigenvalue weighted by molar-refractivity contribution is 0.0948. The van der Waals surface area contributed by atoms with E-state index in [1.165, 1.54) is 12.4 Å². The number of carbonyl (C=O) groups is 1. The number of rotatable bonds is 5. The Morgan fingerprint density at radius 1 is 1.42 bits per heavy atom. The fourth-order valence-corrected chi connectivity index (χ4v) is 2.45. The molecule has 2 heterocycles. The molecule has 0 aliphatic rings. The van der Waals surface area contributed by atoms with Crippen molar-refractivity contribution in [3.8, 4) is 0 Å². The van der Waals surface area contributed by atoms with Crippen LogP contribution < -0.4 is 5.32 Å². The predicted octanol–water partition coefficient (Wildman–Crippen LogP) is 2.03. The summed E-state index contributed by atoms with van der Waals surface area (Å²) in [7, 11) is 0. The third kappa shape index (κ3) is 3.82. The molecule has 0 unspecified atom stereocenters. The minimum absolute atomic E-state index is 0.200. The average molecular weight is 276 g/mol. The second kappa shape index (κ2) is 6.38. The van der Waals surface area contributed by atoms with Gasteiger partial charge in [0.1, 0.15) is 5.69 Å². The van der Waals surface area contributed by atoms with Crippen LogP contribution in [0.1, 0.15) is 41.0 Å². The van der Waals surface area contributed by atoms with Crippen molar-refractivity contribution in [2.45, 2.75) is 26.2 Å². The van der Waals surface area contributed by atoms with Gasteiger partial charge in [-0.15, -0.1) is 11.3 Å². The Balaban J connectivity index is 1.81. The molecular formula is C13H16N4OS. The minimum Gasteiger partial charge on any atom is -0.350 e. The molecule has 2 aromatic heterocycles. The van der Waals surface area contributed by atoms with E-state index in [-0.39, 0.29) is 5.91 Å². The molecular weight excluding hydrogens is 260 g/mol. The molecule has 0 aliphatic heterocycles. The number of amides is 1. The summed E-state index contributed by atoms with van der Waals surface area (Å²) in [6.07, 6.45) is 5.24. The lowest BCUT2D eigenvalue weighted by Crippen LogP contribution is -2.26. The second-order valence-corrected chi connectivity index (χ2v) is 5.36. The number of aromatic nitrogens is 3. The van der Waals surface area contributed by atoms with Crippen molar-refractivity contribution >= 4 is 17.2 Å². The molecule has 100 valence electrons. The molecule has 0 bridgehead atoms. The zero-order valence-corrected chi connectivity index (χ0v) is 11.8. The van der Waals surface area contributed by atoms with E-state index in [1.54, 1.807) is 17.5 Å². The summed E-state index contributed by atoms with van der Waals surface area (Å²) < 4.78 is 0. The Bertz CT molecular complexity index is 539. The van der Waals surface area contributed by atoms with Crippen molar-refractivity contribution in [2.75, 3.05) is 6.54 Å². The van der Waals surface area contributed by atoms with Crippen LogP contribution in [-0.2, 0) is 6.42 Å². The highest BCUT2D eigenvalue weighted by Gasteiger charge is 2.08. The molecule has 0 saturated heterocycles. The van der Waals surface area contributed by atoms with Gasteiger partial charge in [0, 0.05) is 30.7 Å². The van der Waals surface area contributed by atoms with Crippen molar-refractivity contribution in [3.63, 3.8) is 0 Å². The van der Waals surface area contributed by atoms with Crippen LogP contribution in [0.4, 0.5) is 0 Å². The molecule has 6 heteroatoms. The first-order valence-corrected chi connectivity index (χ1v) is 7.03. The van der Waals surface area contributed by atoms with Crippen LogP contribution in [-0.4, -0.2) is 27.4 Å². The van der Waals surface area contributed by atoms with Crippen LogP contribution >= 0.6 is 11.3 Å². The van der Waals surface area contributed by atoms with E-state index < -0.39 is 0 Å². The number of hydrogen-bond donors (Lipinski definition) is 1. The van der Waals surface area contributed by atoms with E-state index in [9.17, 15) is 4.79 Å². The molecule has 2 aromatic rings. The molecule has 0 aromatic carbocycles. The topological polar surface area (TPSA) is 67.8 Å². The maximum absolute atomic E-state index is 11.7. The monoisotopic (exact) mass is 276 g/mol. The Morgan fingerprint density at radius 2 is 2.26 bits per heavy atom. The van der Waals surface area contributed by atoms with Crippen molar-refractivity contribution < 1.29 is 4.79 Å². The summed E-state index contributed by atoms with van der Waals surface area (Å²) in [6.45, 7) is 4.80. The van der Waals surface area contributed by atoms with Gasteiger partial charge in [-0.25, -0.2) is 9.97 Å². The zero-order valence-electron chi connectivity index (χ0n) is 11.0. The largest absolute Gasteiger partial charge is 0.350 e. The number of nitrogens with one attached hydrogen (secondary N) is 1. The molecule has 2 rings (SSSR count). The Labute approximate surface area is 116 Å². The van der Waals surface area contributed by atoms with E-state index in [0.29, 0.717) is 18.2 Å².